The van der Waals surface area contributed by atoms with Gasteiger partial charge in [0.25, 0.3) is 5.56 Å². The average Bonchev–Trinajstić information content (AvgIpc) is 3.04. The lowest BCUT2D eigenvalue weighted by Gasteiger charge is -2.07. The Morgan fingerprint density at radius 3 is 2.75 bits per heavy atom. The highest BCUT2D eigenvalue weighted by Gasteiger charge is 2.18. The van der Waals surface area contributed by atoms with Crippen LogP contribution in [0.25, 0.3) is 11.2 Å². The van der Waals surface area contributed by atoms with E-state index in [9.17, 15) is 9.59 Å². The molecule has 0 saturated carbocycles. The Morgan fingerprint density at radius 1 is 1.32 bits per heavy atom. The minimum absolute atomic E-state index is 0.271. The summed E-state index contributed by atoms with van der Waals surface area (Å²) < 4.78 is 10.2. The summed E-state index contributed by atoms with van der Waals surface area (Å²) in [5.74, 6) is 0.975. The first-order valence-corrected chi connectivity index (χ1v) is 9.08. The number of allylic oxidation sites excluding steroid dienone is 1. The zero-order valence-electron chi connectivity index (χ0n) is 15.6. The number of imidazole rings is 1. The van der Waals surface area contributed by atoms with Crippen LogP contribution in [0, 0.1) is 0 Å². The molecule has 10 heteroatoms. The van der Waals surface area contributed by atoms with E-state index in [2.05, 4.69) is 38.0 Å². The Labute approximate surface area is 168 Å². The summed E-state index contributed by atoms with van der Waals surface area (Å²) in [6, 6.07) is 5.54. The highest BCUT2D eigenvalue weighted by Crippen LogP contribution is 2.21. The van der Waals surface area contributed by atoms with Crippen LogP contribution < -0.4 is 21.4 Å². The number of hydrazone groups is 1. The van der Waals surface area contributed by atoms with Crippen molar-refractivity contribution in [3.63, 3.8) is 0 Å². The molecule has 3 rings (SSSR count). The summed E-state index contributed by atoms with van der Waals surface area (Å²) in [4.78, 5) is 29.1. The van der Waals surface area contributed by atoms with Crippen molar-refractivity contribution in [2.24, 2.45) is 19.2 Å². The third kappa shape index (κ3) is 3.38. The molecule has 0 unspecified atom stereocenters. The van der Waals surface area contributed by atoms with Crippen molar-refractivity contribution in [3.8, 4) is 5.75 Å². The molecule has 0 aliphatic carbocycles. The van der Waals surface area contributed by atoms with E-state index in [0.29, 0.717) is 23.8 Å². The van der Waals surface area contributed by atoms with Crippen molar-refractivity contribution in [2.75, 3.05) is 12.5 Å². The van der Waals surface area contributed by atoms with Gasteiger partial charge in [0.05, 0.1) is 13.3 Å². The van der Waals surface area contributed by atoms with Gasteiger partial charge in [0.2, 0.25) is 5.95 Å². The van der Waals surface area contributed by atoms with Gasteiger partial charge in [-0.15, -0.1) is 6.58 Å². The fourth-order valence-corrected chi connectivity index (χ4v) is 3.18. The van der Waals surface area contributed by atoms with Crippen molar-refractivity contribution >= 4 is 39.3 Å². The average molecular weight is 447 g/mol. The van der Waals surface area contributed by atoms with Crippen molar-refractivity contribution in [2.45, 2.75) is 6.54 Å². The van der Waals surface area contributed by atoms with Crippen LogP contribution in [0.3, 0.4) is 0 Å². The minimum atomic E-state index is -0.449. The number of nitrogens with zero attached hydrogens (tertiary/aromatic N) is 5. The summed E-state index contributed by atoms with van der Waals surface area (Å²) in [6.07, 6.45) is 3.22. The maximum atomic E-state index is 12.6. The van der Waals surface area contributed by atoms with E-state index < -0.39 is 11.2 Å². The van der Waals surface area contributed by atoms with Gasteiger partial charge in [0.15, 0.2) is 11.2 Å². The number of methoxy groups -OCH3 is 1. The first kappa shape index (κ1) is 19.6. The monoisotopic (exact) mass is 446 g/mol. The number of anilines is 1. The van der Waals surface area contributed by atoms with E-state index in [-0.39, 0.29) is 5.65 Å². The molecule has 0 fully saturated rings. The number of hydrogen-bond acceptors (Lipinski definition) is 6. The van der Waals surface area contributed by atoms with Crippen LogP contribution in [0.2, 0.25) is 0 Å². The number of nitrogens with one attached hydrogen (secondary N) is 1. The number of aromatic nitrogens is 4. The second-order valence-electron chi connectivity index (χ2n) is 5.97. The zero-order valence-corrected chi connectivity index (χ0v) is 17.2. The number of hydrogen-bond donors (Lipinski definition) is 1. The summed E-state index contributed by atoms with van der Waals surface area (Å²) in [6.45, 7) is 4.04. The van der Waals surface area contributed by atoms with Gasteiger partial charge in [-0.1, -0.05) is 22.0 Å². The van der Waals surface area contributed by atoms with Crippen LogP contribution in [0.4, 0.5) is 5.95 Å². The molecule has 2 aromatic heterocycles. The Bertz CT molecular complexity index is 1200. The van der Waals surface area contributed by atoms with Crippen LogP contribution in [-0.4, -0.2) is 32.0 Å². The summed E-state index contributed by atoms with van der Waals surface area (Å²) in [5.41, 5.74) is 3.27. The third-order valence-corrected chi connectivity index (χ3v) is 4.71. The molecule has 3 aromatic rings. The van der Waals surface area contributed by atoms with E-state index in [4.69, 9.17) is 4.74 Å². The molecule has 0 amide bonds. The molecule has 0 saturated heterocycles. The zero-order chi connectivity index (χ0) is 20.4. The molecule has 9 nitrogen and oxygen atoms in total. The van der Waals surface area contributed by atoms with E-state index in [0.717, 1.165) is 14.6 Å². The molecule has 28 heavy (non-hydrogen) atoms. The molecule has 0 aliphatic heterocycles. The first-order valence-electron chi connectivity index (χ1n) is 8.28. The van der Waals surface area contributed by atoms with Crippen LogP contribution >= 0.6 is 15.9 Å². The van der Waals surface area contributed by atoms with Crippen molar-refractivity contribution in [1.82, 2.24) is 18.7 Å². The molecule has 1 N–H and O–H groups in total. The van der Waals surface area contributed by atoms with Gasteiger partial charge < -0.3 is 4.74 Å². The third-order valence-electron chi connectivity index (χ3n) is 4.22. The quantitative estimate of drug-likeness (QED) is 0.354. The first-order chi connectivity index (χ1) is 13.4. The fraction of sp³-hybridized carbons (Fsp3) is 0.222. The predicted octanol–water partition coefficient (Wildman–Crippen LogP) is 1.84. The van der Waals surface area contributed by atoms with Crippen molar-refractivity contribution in [3.05, 3.63) is 61.7 Å². The van der Waals surface area contributed by atoms with Crippen molar-refractivity contribution in [1.29, 1.82) is 0 Å². The lowest BCUT2D eigenvalue weighted by molar-refractivity contribution is 0.414. The highest BCUT2D eigenvalue weighted by molar-refractivity contribution is 9.10. The lowest BCUT2D eigenvalue weighted by Crippen LogP contribution is -2.37. The number of aryl methyl sites for hydroxylation is 1. The molecule has 0 atom stereocenters. The molecule has 0 radical (unpaired) electrons. The highest BCUT2D eigenvalue weighted by atomic mass is 79.9. The number of halogens is 1. The normalized spacial score (nSPS) is 11.3. The van der Waals surface area contributed by atoms with Gasteiger partial charge in [-0.25, -0.2) is 10.2 Å². The number of benzene rings is 1. The fourth-order valence-electron chi connectivity index (χ4n) is 2.80. The van der Waals surface area contributed by atoms with E-state index in [1.165, 1.54) is 11.6 Å². The Hall–Kier alpha value is -3.14. The van der Waals surface area contributed by atoms with E-state index in [1.54, 1.807) is 31.0 Å². The Morgan fingerprint density at radius 2 is 2.07 bits per heavy atom. The smallest absolute Gasteiger partial charge is 0.332 e. The summed E-state index contributed by atoms with van der Waals surface area (Å²) >= 11 is 3.41. The predicted molar refractivity (Wildman–Crippen MR) is 112 cm³/mol. The van der Waals surface area contributed by atoms with Gasteiger partial charge in [-0.3, -0.25) is 18.5 Å². The number of ether oxygens (including phenoxy) is 1. The maximum absolute atomic E-state index is 12.6. The second-order valence-corrected chi connectivity index (χ2v) is 6.88. The lowest BCUT2D eigenvalue weighted by atomic mass is 10.2. The molecular weight excluding hydrogens is 428 g/mol. The van der Waals surface area contributed by atoms with Gasteiger partial charge in [-0.2, -0.15) is 10.1 Å². The Kier molecular flexibility index (Phi) is 5.50. The van der Waals surface area contributed by atoms with Crippen LogP contribution in [0.5, 0.6) is 5.75 Å². The second kappa shape index (κ2) is 7.85. The topological polar surface area (TPSA) is 95.4 Å². The molecular formula is C18H19BrN6O3. The SMILES string of the molecule is C=CCn1c(NN=Cc2cc(Br)ccc2OC)nc2c1c(=O)n(C)c(=O)n2C. The number of fused-ring (bicyclic) bond motifs is 1. The molecule has 146 valence electrons. The van der Waals surface area contributed by atoms with E-state index in [1.807, 2.05) is 18.2 Å². The van der Waals surface area contributed by atoms with Gasteiger partial charge >= 0.3 is 5.69 Å². The van der Waals surface area contributed by atoms with Gasteiger partial charge in [-0.05, 0) is 18.2 Å². The van der Waals surface area contributed by atoms with Gasteiger partial charge in [0.1, 0.15) is 5.75 Å². The van der Waals surface area contributed by atoms with Gasteiger partial charge in [0, 0.05) is 30.7 Å². The largest absolute Gasteiger partial charge is 0.496 e. The minimum Gasteiger partial charge on any atom is -0.496 e. The molecule has 1 aromatic carbocycles. The molecule has 0 aliphatic rings. The van der Waals surface area contributed by atoms with Crippen LogP contribution in [-0.2, 0) is 20.6 Å². The standard InChI is InChI=1S/C18H19BrN6O3/c1-5-8-25-14-15(23(2)18(27)24(3)16(14)26)21-17(25)22-20-10-11-9-12(19)6-7-13(11)28-4/h5-7,9-10H,1,8H2,2-4H3,(H,21,22). The van der Waals surface area contributed by atoms with Crippen LogP contribution in [0.1, 0.15) is 5.56 Å². The van der Waals surface area contributed by atoms with E-state index >= 15 is 0 Å². The summed E-state index contributed by atoms with van der Waals surface area (Å²) in [5, 5.41) is 4.21. The summed E-state index contributed by atoms with van der Waals surface area (Å²) in [7, 11) is 4.57. The maximum Gasteiger partial charge on any atom is 0.332 e. The molecule has 0 bridgehead atoms. The number of rotatable bonds is 6. The Balaban J connectivity index is 2.08. The van der Waals surface area contributed by atoms with Crippen molar-refractivity contribution < 1.29 is 4.74 Å². The molecule has 2 heterocycles. The molecule has 0 spiro atoms. The van der Waals surface area contributed by atoms with Crippen LogP contribution in [0.15, 0.2) is 50.0 Å².